The summed E-state index contributed by atoms with van der Waals surface area (Å²) < 4.78 is 46.9. The number of halogens is 4. The maximum absolute atomic E-state index is 12.5. The topological polar surface area (TPSA) is 73.3 Å². The number of ether oxygens (including phenoxy) is 2. The summed E-state index contributed by atoms with van der Waals surface area (Å²) in [5.41, 5.74) is 1.14. The lowest BCUT2D eigenvalue weighted by molar-refractivity contribution is -0.154. The van der Waals surface area contributed by atoms with Gasteiger partial charge in [0.25, 0.3) is 5.91 Å². The summed E-state index contributed by atoms with van der Waals surface area (Å²) in [5.74, 6) is -0.591. The number of methoxy groups -OCH3 is 1. The van der Waals surface area contributed by atoms with Gasteiger partial charge in [-0.1, -0.05) is 11.6 Å². The summed E-state index contributed by atoms with van der Waals surface area (Å²) >= 11 is 7.26. The third kappa shape index (κ3) is 5.36. The number of anilines is 1. The predicted molar refractivity (Wildman–Crippen MR) is 103 cm³/mol. The Balaban J connectivity index is 1.75. The molecule has 1 N–H and O–H groups in total. The maximum atomic E-state index is 12.5. The molecule has 0 bridgehead atoms. The summed E-state index contributed by atoms with van der Waals surface area (Å²) in [6.07, 6.45) is -3.31. The molecule has 152 valence electrons. The van der Waals surface area contributed by atoms with Crippen molar-refractivity contribution in [1.29, 1.82) is 0 Å². The minimum absolute atomic E-state index is 0.138. The monoisotopic (exact) mass is 443 g/mol. The van der Waals surface area contributed by atoms with E-state index in [1.54, 1.807) is 23.6 Å². The molecule has 0 unspecified atom stereocenters. The molecule has 0 saturated carbocycles. The van der Waals surface area contributed by atoms with Crippen molar-refractivity contribution >= 4 is 34.0 Å². The van der Waals surface area contributed by atoms with Crippen LogP contribution >= 0.6 is 22.9 Å². The number of aromatic nitrogens is 2. The molecule has 0 aliphatic carbocycles. The molecule has 11 heteroatoms. The fraction of sp³-hybridized carbons (Fsp3) is 0.167. The first-order chi connectivity index (χ1) is 13.8. The van der Waals surface area contributed by atoms with Crippen molar-refractivity contribution in [2.24, 2.45) is 0 Å². The van der Waals surface area contributed by atoms with Crippen molar-refractivity contribution in [3.8, 4) is 22.9 Å². The molecule has 0 aliphatic heterocycles. The van der Waals surface area contributed by atoms with Crippen LogP contribution in [0.3, 0.4) is 0 Å². The Morgan fingerprint density at radius 3 is 2.79 bits per heavy atom. The van der Waals surface area contributed by atoms with Gasteiger partial charge in [0.2, 0.25) is 5.88 Å². The first-order valence-corrected chi connectivity index (χ1v) is 9.28. The molecule has 0 atom stereocenters. The predicted octanol–water partition coefficient (Wildman–Crippen LogP) is 5.06. The Bertz CT molecular complexity index is 1030. The molecule has 3 rings (SSSR count). The fourth-order valence-corrected chi connectivity index (χ4v) is 3.26. The van der Waals surface area contributed by atoms with Gasteiger partial charge in [0.05, 0.1) is 17.8 Å². The van der Waals surface area contributed by atoms with Crippen molar-refractivity contribution < 1.29 is 27.4 Å². The summed E-state index contributed by atoms with van der Waals surface area (Å²) in [6.45, 7) is -1.55. The van der Waals surface area contributed by atoms with Crippen molar-refractivity contribution in [2.45, 2.75) is 6.18 Å². The van der Waals surface area contributed by atoms with E-state index in [0.717, 1.165) is 11.3 Å². The Morgan fingerprint density at radius 2 is 2.10 bits per heavy atom. The Labute approximate surface area is 172 Å². The molecule has 6 nitrogen and oxygen atoms in total. The van der Waals surface area contributed by atoms with Crippen molar-refractivity contribution in [3.05, 3.63) is 52.5 Å². The lowest BCUT2D eigenvalue weighted by Crippen LogP contribution is -2.21. The van der Waals surface area contributed by atoms with Gasteiger partial charge in [-0.25, -0.2) is 9.97 Å². The highest BCUT2D eigenvalue weighted by Gasteiger charge is 2.29. The molecule has 1 amide bonds. The Hall–Kier alpha value is -2.85. The molecule has 29 heavy (non-hydrogen) atoms. The van der Waals surface area contributed by atoms with E-state index in [2.05, 4.69) is 20.0 Å². The molecule has 0 spiro atoms. The maximum Gasteiger partial charge on any atom is 0.422 e. The highest BCUT2D eigenvalue weighted by Crippen LogP contribution is 2.32. The average Bonchev–Trinajstić information content (AvgIpc) is 3.14. The van der Waals surface area contributed by atoms with Gasteiger partial charge in [0.1, 0.15) is 11.3 Å². The lowest BCUT2D eigenvalue weighted by atomic mass is 10.2. The Kier molecular flexibility index (Phi) is 6.23. The standard InChI is InChI=1S/C18H13ClF3N3O3S/c1-27-14-5-4-10(7-12(14)19)13-8-29-17(24-13)25-15(26)11-3-2-6-23-16(11)28-9-18(20,21)22/h2-8H,9H2,1H3,(H,24,25,26). The first-order valence-electron chi connectivity index (χ1n) is 8.02. The van der Waals surface area contributed by atoms with E-state index in [1.807, 2.05) is 0 Å². The van der Waals surface area contributed by atoms with Crippen LogP contribution in [0.5, 0.6) is 11.6 Å². The second-order valence-electron chi connectivity index (χ2n) is 5.60. The van der Waals surface area contributed by atoms with E-state index in [4.69, 9.17) is 16.3 Å². The number of thiazole rings is 1. The number of amides is 1. The van der Waals surface area contributed by atoms with Crippen LogP contribution < -0.4 is 14.8 Å². The second-order valence-corrected chi connectivity index (χ2v) is 6.87. The van der Waals surface area contributed by atoms with Gasteiger partial charge in [-0.15, -0.1) is 11.3 Å². The molecule has 2 aromatic heterocycles. The van der Waals surface area contributed by atoms with Crippen LogP contribution in [0.2, 0.25) is 5.02 Å². The zero-order chi connectivity index (χ0) is 21.0. The Morgan fingerprint density at radius 1 is 1.31 bits per heavy atom. The second kappa shape index (κ2) is 8.66. The van der Waals surface area contributed by atoms with Gasteiger partial charge in [0, 0.05) is 17.1 Å². The SMILES string of the molecule is COc1ccc(-c2csc(NC(=O)c3cccnc3OCC(F)(F)F)n2)cc1Cl. The number of hydrogen-bond acceptors (Lipinski definition) is 6. The third-order valence-corrected chi connectivity index (χ3v) is 4.61. The molecular weight excluding hydrogens is 431 g/mol. The molecule has 0 fully saturated rings. The van der Waals surface area contributed by atoms with E-state index >= 15 is 0 Å². The van der Waals surface area contributed by atoms with E-state index in [9.17, 15) is 18.0 Å². The van der Waals surface area contributed by atoms with Crippen LogP contribution in [0.25, 0.3) is 11.3 Å². The van der Waals surface area contributed by atoms with Crippen molar-refractivity contribution in [1.82, 2.24) is 9.97 Å². The molecule has 0 aliphatic rings. The van der Waals surface area contributed by atoms with E-state index < -0.39 is 24.6 Å². The van der Waals surface area contributed by atoms with Crippen molar-refractivity contribution in [2.75, 3.05) is 19.0 Å². The summed E-state index contributed by atoms with van der Waals surface area (Å²) in [7, 11) is 1.50. The van der Waals surface area contributed by atoms with Crippen LogP contribution in [0.4, 0.5) is 18.3 Å². The zero-order valence-corrected chi connectivity index (χ0v) is 16.4. The molecule has 1 aromatic carbocycles. The molecular formula is C18H13ClF3N3O3S. The van der Waals surface area contributed by atoms with Gasteiger partial charge >= 0.3 is 6.18 Å². The number of rotatable bonds is 6. The molecule has 3 aromatic rings. The van der Waals surface area contributed by atoms with Gasteiger partial charge in [-0.05, 0) is 30.3 Å². The number of hydrogen-bond donors (Lipinski definition) is 1. The number of carbonyl (C=O) groups is 1. The van der Waals surface area contributed by atoms with E-state index in [0.29, 0.717) is 22.0 Å². The smallest absolute Gasteiger partial charge is 0.422 e. The van der Waals surface area contributed by atoms with Gasteiger partial charge in [-0.2, -0.15) is 13.2 Å². The fourth-order valence-electron chi connectivity index (χ4n) is 2.28. The summed E-state index contributed by atoms with van der Waals surface area (Å²) in [6, 6.07) is 7.85. The van der Waals surface area contributed by atoms with Gasteiger partial charge in [0.15, 0.2) is 11.7 Å². The van der Waals surface area contributed by atoms with E-state index in [-0.39, 0.29) is 10.7 Å². The normalized spacial score (nSPS) is 11.2. The number of nitrogens with one attached hydrogen (secondary N) is 1. The summed E-state index contributed by atoms with van der Waals surface area (Å²) in [4.78, 5) is 20.5. The summed E-state index contributed by atoms with van der Waals surface area (Å²) in [5, 5.41) is 4.90. The number of alkyl halides is 3. The van der Waals surface area contributed by atoms with Gasteiger partial charge < -0.3 is 9.47 Å². The number of nitrogens with zero attached hydrogens (tertiary/aromatic N) is 2. The quantitative estimate of drug-likeness (QED) is 0.576. The number of benzene rings is 1. The van der Waals surface area contributed by atoms with Crippen LogP contribution in [0.15, 0.2) is 41.9 Å². The first kappa shape index (κ1) is 20.9. The molecule has 2 heterocycles. The van der Waals surface area contributed by atoms with Crippen molar-refractivity contribution in [3.63, 3.8) is 0 Å². The molecule has 0 radical (unpaired) electrons. The highest BCUT2D eigenvalue weighted by atomic mass is 35.5. The minimum atomic E-state index is -4.55. The van der Waals surface area contributed by atoms with Crippen LogP contribution in [-0.4, -0.2) is 35.8 Å². The minimum Gasteiger partial charge on any atom is -0.495 e. The largest absolute Gasteiger partial charge is 0.495 e. The number of carbonyl (C=O) groups excluding carboxylic acids is 1. The van der Waals surface area contributed by atoms with Crippen LogP contribution in [0.1, 0.15) is 10.4 Å². The third-order valence-electron chi connectivity index (χ3n) is 3.56. The van der Waals surface area contributed by atoms with E-state index in [1.165, 1.54) is 25.4 Å². The number of pyridine rings is 1. The average molecular weight is 444 g/mol. The highest BCUT2D eigenvalue weighted by molar-refractivity contribution is 7.14. The molecule has 0 saturated heterocycles. The lowest BCUT2D eigenvalue weighted by Gasteiger charge is -2.11. The van der Waals surface area contributed by atoms with Crippen LogP contribution in [0, 0.1) is 0 Å². The van der Waals surface area contributed by atoms with Crippen LogP contribution in [-0.2, 0) is 0 Å². The zero-order valence-electron chi connectivity index (χ0n) is 14.8. The van der Waals surface area contributed by atoms with Gasteiger partial charge in [-0.3, -0.25) is 10.1 Å².